The number of hydrogen-bond acceptors (Lipinski definition) is 4. The second-order valence-electron chi connectivity index (χ2n) is 9.59. The van der Waals surface area contributed by atoms with Crippen molar-refractivity contribution in [3.63, 3.8) is 0 Å². The Bertz CT molecular complexity index is 999. The molecule has 5 heteroatoms. The number of nitrogens with zero attached hydrogens (tertiary/aromatic N) is 1. The standard InChI is InChI=1S/C26H33NO4/c1-17(2)3-4-18-5-8-22-20(13-18)9-10-27-24(28)14-23(25(26(22)27)19-6-7-19)31-16-21-15-29-11-12-30-21/h5,8,13-14,17,19,21H,3-4,6-7,9-12,15-16H2,1-2H3/t21-/m0/s1. The fourth-order valence-corrected chi connectivity index (χ4v) is 4.78. The third kappa shape index (κ3) is 4.44. The van der Waals surface area contributed by atoms with Crippen molar-refractivity contribution in [3.8, 4) is 17.0 Å². The summed E-state index contributed by atoms with van der Waals surface area (Å²) in [5, 5.41) is 0. The van der Waals surface area contributed by atoms with Crippen molar-refractivity contribution in [2.45, 2.75) is 64.5 Å². The molecule has 0 spiro atoms. The minimum absolute atomic E-state index is 0.0322. The zero-order chi connectivity index (χ0) is 21.4. The molecule has 2 aromatic rings. The molecule has 166 valence electrons. The Morgan fingerprint density at radius 1 is 1.19 bits per heavy atom. The lowest BCUT2D eigenvalue weighted by Crippen LogP contribution is -2.34. The molecule has 3 heterocycles. The van der Waals surface area contributed by atoms with E-state index >= 15 is 0 Å². The van der Waals surface area contributed by atoms with Crippen molar-refractivity contribution in [2.75, 3.05) is 26.4 Å². The number of benzene rings is 1. The van der Waals surface area contributed by atoms with Crippen molar-refractivity contribution in [2.24, 2.45) is 5.92 Å². The second-order valence-corrected chi connectivity index (χ2v) is 9.59. The first-order chi connectivity index (χ1) is 15.1. The summed E-state index contributed by atoms with van der Waals surface area (Å²) in [6.45, 7) is 7.50. The van der Waals surface area contributed by atoms with Gasteiger partial charge in [-0.3, -0.25) is 4.79 Å². The Balaban J connectivity index is 1.49. The maximum Gasteiger partial charge on any atom is 0.254 e. The molecule has 1 aliphatic carbocycles. The summed E-state index contributed by atoms with van der Waals surface area (Å²) >= 11 is 0. The van der Waals surface area contributed by atoms with Gasteiger partial charge < -0.3 is 18.8 Å². The number of aryl methyl sites for hydroxylation is 2. The summed E-state index contributed by atoms with van der Waals surface area (Å²) in [4.78, 5) is 13.0. The molecule has 1 saturated heterocycles. The van der Waals surface area contributed by atoms with Gasteiger partial charge in [0.1, 0.15) is 18.5 Å². The van der Waals surface area contributed by atoms with E-state index < -0.39 is 0 Å². The quantitative estimate of drug-likeness (QED) is 0.665. The van der Waals surface area contributed by atoms with Crippen LogP contribution in [0.15, 0.2) is 29.1 Å². The first kappa shape index (κ1) is 20.8. The van der Waals surface area contributed by atoms with E-state index in [0.717, 1.165) is 43.7 Å². The topological polar surface area (TPSA) is 49.7 Å². The van der Waals surface area contributed by atoms with E-state index in [1.165, 1.54) is 28.7 Å². The molecule has 0 N–H and O–H groups in total. The van der Waals surface area contributed by atoms with E-state index in [1.54, 1.807) is 6.07 Å². The summed E-state index contributed by atoms with van der Waals surface area (Å²) in [7, 11) is 0. The van der Waals surface area contributed by atoms with Crippen LogP contribution in [0.1, 0.15) is 55.7 Å². The maximum absolute atomic E-state index is 13.0. The molecular formula is C26H33NO4. The third-order valence-corrected chi connectivity index (χ3v) is 6.65. The molecule has 0 radical (unpaired) electrons. The van der Waals surface area contributed by atoms with Crippen LogP contribution in [0.4, 0.5) is 0 Å². The van der Waals surface area contributed by atoms with Crippen LogP contribution in [0.3, 0.4) is 0 Å². The van der Waals surface area contributed by atoms with Gasteiger partial charge in [-0.15, -0.1) is 0 Å². The smallest absolute Gasteiger partial charge is 0.254 e. The average molecular weight is 424 g/mol. The van der Waals surface area contributed by atoms with Crippen LogP contribution < -0.4 is 10.3 Å². The zero-order valence-corrected chi connectivity index (χ0v) is 18.7. The van der Waals surface area contributed by atoms with Gasteiger partial charge in [0.2, 0.25) is 0 Å². The highest BCUT2D eigenvalue weighted by Crippen LogP contribution is 2.49. The normalized spacial score (nSPS) is 20.4. The predicted molar refractivity (Wildman–Crippen MR) is 121 cm³/mol. The van der Waals surface area contributed by atoms with E-state index in [1.807, 2.05) is 4.57 Å². The summed E-state index contributed by atoms with van der Waals surface area (Å²) in [6.07, 6.45) is 5.47. The molecule has 2 aliphatic heterocycles. The van der Waals surface area contributed by atoms with Gasteiger partial charge in [-0.25, -0.2) is 0 Å². The van der Waals surface area contributed by atoms with Gasteiger partial charge in [-0.1, -0.05) is 32.0 Å². The molecule has 2 fully saturated rings. The Morgan fingerprint density at radius 3 is 2.81 bits per heavy atom. The van der Waals surface area contributed by atoms with Crippen molar-refractivity contribution in [1.29, 1.82) is 0 Å². The van der Waals surface area contributed by atoms with Crippen LogP contribution in [0.2, 0.25) is 0 Å². The minimum atomic E-state index is -0.0737. The van der Waals surface area contributed by atoms with Gasteiger partial charge in [-0.2, -0.15) is 0 Å². The van der Waals surface area contributed by atoms with Crippen LogP contribution >= 0.6 is 0 Å². The molecule has 1 saturated carbocycles. The van der Waals surface area contributed by atoms with Gasteiger partial charge in [0.05, 0.1) is 25.5 Å². The molecule has 3 aliphatic rings. The molecule has 0 bridgehead atoms. The lowest BCUT2D eigenvalue weighted by molar-refractivity contribution is -0.101. The summed E-state index contributed by atoms with van der Waals surface area (Å²) in [5.41, 5.74) is 6.31. The van der Waals surface area contributed by atoms with Crippen LogP contribution in [0, 0.1) is 5.92 Å². The lowest BCUT2D eigenvalue weighted by Gasteiger charge is -2.28. The van der Waals surface area contributed by atoms with Crippen molar-refractivity contribution < 1.29 is 14.2 Å². The monoisotopic (exact) mass is 423 g/mol. The molecule has 5 nitrogen and oxygen atoms in total. The molecule has 0 unspecified atom stereocenters. The molecule has 1 atom stereocenters. The molecule has 5 rings (SSSR count). The predicted octanol–water partition coefficient (Wildman–Crippen LogP) is 4.33. The molecule has 1 aromatic heterocycles. The highest BCUT2D eigenvalue weighted by atomic mass is 16.6. The zero-order valence-electron chi connectivity index (χ0n) is 18.7. The van der Waals surface area contributed by atoms with Gasteiger partial charge >= 0.3 is 0 Å². The Labute approximate surface area is 184 Å². The minimum Gasteiger partial charge on any atom is -0.490 e. The van der Waals surface area contributed by atoms with Crippen molar-refractivity contribution in [3.05, 3.63) is 51.3 Å². The largest absolute Gasteiger partial charge is 0.490 e. The van der Waals surface area contributed by atoms with Gasteiger partial charge in [0.25, 0.3) is 5.56 Å². The van der Waals surface area contributed by atoms with Gasteiger partial charge in [0, 0.05) is 23.7 Å². The molecule has 0 amide bonds. The van der Waals surface area contributed by atoms with Gasteiger partial charge in [0.15, 0.2) is 0 Å². The van der Waals surface area contributed by atoms with Crippen molar-refractivity contribution >= 4 is 0 Å². The molecule has 1 aromatic carbocycles. The van der Waals surface area contributed by atoms with Gasteiger partial charge in [-0.05, 0) is 55.1 Å². The van der Waals surface area contributed by atoms with E-state index in [9.17, 15) is 4.79 Å². The number of pyridine rings is 1. The van der Waals surface area contributed by atoms with E-state index in [0.29, 0.717) is 38.3 Å². The molecular weight excluding hydrogens is 390 g/mol. The highest BCUT2D eigenvalue weighted by molar-refractivity contribution is 5.73. The first-order valence-corrected chi connectivity index (χ1v) is 11.8. The van der Waals surface area contributed by atoms with Crippen LogP contribution in [-0.2, 0) is 28.9 Å². The summed E-state index contributed by atoms with van der Waals surface area (Å²) in [6, 6.07) is 8.55. The second kappa shape index (κ2) is 8.79. The molecule has 31 heavy (non-hydrogen) atoms. The van der Waals surface area contributed by atoms with Crippen LogP contribution in [0.25, 0.3) is 11.3 Å². The lowest BCUT2D eigenvalue weighted by atomic mass is 9.90. The van der Waals surface area contributed by atoms with E-state index in [4.69, 9.17) is 14.2 Å². The van der Waals surface area contributed by atoms with Crippen LogP contribution in [0.5, 0.6) is 5.75 Å². The SMILES string of the molecule is CC(C)CCc1ccc2c(c1)CCn1c-2c(C2CC2)c(OC[C@@H]2COCCO2)cc1=O. The number of hydrogen-bond donors (Lipinski definition) is 0. The highest BCUT2D eigenvalue weighted by Gasteiger charge is 2.34. The number of fused-ring (bicyclic) bond motifs is 3. The first-order valence-electron chi connectivity index (χ1n) is 11.8. The third-order valence-electron chi connectivity index (χ3n) is 6.65. The Kier molecular flexibility index (Phi) is 5.89. The maximum atomic E-state index is 13.0. The fourth-order valence-electron chi connectivity index (χ4n) is 4.78. The van der Waals surface area contributed by atoms with E-state index in [-0.39, 0.29) is 11.7 Å². The summed E-state index contributed by atoms with van der Waals surface area (Å²) in [5.74, 6) is 1.92. The number of aromatic nitrogens is 1. The number of ether oxygens (including phenoxy) is 3. The average Bonchev–Trinajstić information content (AvgIpc) is 3.61. The van der Waals surface area contributed by atoms with E-state index in [2.05, 4.69) is 32.0 Å². The Morgan fingerprint density at radius 2 is 2.06 bits per heavy atom. The van der Waals surface area contributed by atoms with Crippen LogP contribution in [-0.4, -0.2) is 37.1 Å². The fraction of sp³-hybridized carbons (Fsp3) is 0.577. The Hall–Kier alpha value is -2.11. The number of rotatable bonds is 7. The summed E-state index contributed by atoms with van der Waals surface area (Å²) < 4.78 is 19.4. The van der Waals surface area contributed by atoms with Crippen molar-refractivity contribution in [1.82, 2.24) is 4.57 Å².